The van der Waals surface area contributed by atoms with Crippen molar-refractivity contribution in [3.8, 4) is 0 Å². The van der Waals surface area contributed by atoms with E-state index in [-0.39, 0.29) is 5.75 Å². The molecular weight excluding hydrogens is 304 g/mol. The van der Waals surface area contributed by atoms with E-state index in [0.717, 1.165) is 31.9 Å². The Bertz CT molecular complexity index is 534. The molecule has 22 heavy (non-hydrogen) atoms. The summed E-state index contributed by atoms with van der Waals surface area (Å²) in [5.74, 6) is 0.833. The summed E-state index contributed by atoms with van der Waals surface area (Å²) in [6, 6.07) is 0. The lowest BCUT2D eigenvalue weighted by atomic mass is 10.1. The molecule has 1 saturated heterocycles. The molecule has 1 aromatic rings. The monoisotopic (exact) mass is 330 g/mol. The van der Waals surface area contributed by atoms with Gasteiger partial charge in [0.25, 0.3) is 0 Å². The molecule has 0 radical (unpaired) electrons. The van der Waals surface area contributed by atoms with E-state index in [2.05, 4.69) is 25.1 Å². The summed E-state index contributed by atoms with van der Waals surface area (Å²) in [4.78, 5) is 2.22. The summed E-state index contributed by atoms with van der Waals surface area (Å²) in [7, 11) is -3.17. The number of nitrogens with zero attached hydrogens (tertiary/aromatic N) is 5. The van der Waals surface area contributed by atoms with Crippen LogP contribution in [-0.4, -0.2) is 54.0 Å². The first kappa shape index (κ1) is 17.1. The highest BCUT2D eigenvalue weighted by molar-refractivity contribution is 7.89. The zero-order valence-electron chi connectivity index (χ0n) is 13.2. The Labute approximate surface area is 132 Å². The Morgan fingerprint density at radius 1 is 1.09 bits per heavy atom. The molecule has 1 fully saturated rings. The van der Waals surface area contributed by atoms with Crippen LogP contribution in [0.5, 0.6) is 0 Å². The molecule has 126 valence electrons. The zero-order chi connectivity index (χ0) is 15.8. The maximum absolute atomic E-state index is 11.5. The molecular formula is C13H26N6O2S. The molecule has 1 aromatic heterocycles. The van der Waals surface area contributed by atoms with Gasteiger partial charge in [-0.2, -0.15) is 0 Å². The van der Waals surface area contributed by atoms with Crippen LogP contribution >= 0.6 is 0 Å². The summed E-state index contributed by atoms with van der Waals surface area (Å²) in [5.41, 5.74) is 0. The van der Waals surface area contributed by atoms with Crippen LogP contribution in [0.25, 0.3) is 0 Å². The Morgan fingerprint density at radius 2 is 1.73 bits per heavy atom. The van der Waals surface area contributed by atoms with Crippen molar-refractivity contribution in [2.75, 3.05) is 30.3 Å². The van der Waals surface area contributed by atoms with Gasteiger partial charge < -0.3 is 4.90 Å². The van der Waals surface area contributed by atoms with Gasteiger partial charge in [-0.25, -0.2) is 17.8 Å². The number of hydrogen-bond donors (Lipinski definition) is 1. The number of aromatic nitrogens is 4. The Morgan fingerprint density at radius 3 is 2.36 bits per heavy atom. The molecule has 2 heterocycles. The Balaban J connectivity index is 1.95. The third-order valence-electron chi connectivity index (χ3n) is 3.93. The number of anilines is 1. The van der Waals surface area contributed by atoms with Crippen molar-refractivity contribution in [1.29, 1.82) is 0 Å². The van der Waals surface area contributed by atoms with Crippen molar-refractivity contribution >= 4 is 16.0 Å². The fraction of sp³-hybridized carbons (Fsp3) is 0.923. The standard InChI is InChI=1S/C13H26N6O2S/c1-2-22(20,21)14-9-12-19-13(15-16-17-19)18-10-7-5-3-4-6-8-11-18/h14H,2-12H2,1H3. The summed E-state index contributed by atoms with van der Waals surface area (Å²) >= 11 is 0. The van der Waals surface area contributed by atoms with Crippen LogP contribution in [0.4, 0.5) is 5.95 Å². The van der Waals surface area contributed by atoms with E-state index in [1.807, 2.05) is 0 Å². The van der Waals surface area contributed by atoms with Gasteiger partial charge in [0.15, 0.2) is 0 Å². The lowest BCUT2D eigenvalue weighted by Gasteiger charge is -2.22. The average molecular weight is 330 g/mol. The molecule has 0 amide bonds. The van der Waals surface area contributed by atoms with Crippen molar-refractivity contribution in [2.45, 2.75) is 52.0 Å². The first-order chi connectivity index (χ1) is 10.6. The highest BCUT2D eigenvalue weighted by atomic mass is 32.2. The van der Waals surface area contributed by atoms with Gasteiger partial charge in [0.1, 0.15) is 0 Å². The van der Waals surface area contributed by atoms with Gasteiger partial charge in [0.2, 0.25) is 16.0 Å². The molecule has 0 aliphatic carbocycles. The summed E-state index contributed by atoms with van der Waals surface area (Å²) in [5, 5.41) is 11.9. The minimum Gasteiger partial charge on any atom is -0.340 e. The minimum atomic E-state index is -3.17. The fourth-order valence-electron chi connectivity index (χ4n) is 2.60. The van der Waals surface area contributed by atoms with Crippen molar-refractivity contribution in [3.63, 3.8) is 0 Å². The largest absolute Gasteiger partial charge is 0.340 e. The highest BCUT2D eigenvalue weighted by Crippen LogP contribution is 2.16. The topological polar surface area (TPSA) is 93.0 Å². The van der Waals surface area contributed by atoms with E-state index >= 15 is 0 Å². The van der Waals surface area contributed by atoms with Crippen LogP contribution in [0.2, 0.25) is 0 Å². The molecule has 0 saturated carbocycles. The summed E-state index contributed by atoms with van der Waals surface area (Å²) < 4.78 is 27.1. The lowest BCUT2D eigenvalue weighted by molar-refractivity contribution is 0.546. The molecule has 0 spiro atoms. The van der Waals surface area contributed by atoms with Gasteiger partial charge in [-0.3, -0.25) is 0 Å². The van der Waals surface area contributed by atoms with Gasteiger partial charge in [-0.05, 0) is 30.2 Å². The Hall–Kier alpha value is -1.22. The van der Waals surface area contributed by atoms with Crippen molar-refractivity contribution in [2.24, 2.45) is 0 Å². The Kier molecular flexibility index (Phi) is 6.56. The SMILES string of the molecule is CCS(=O)(=O)NCCn1nnnc1N1CCCCCCCC1. The van der Waals surface area contributed by atoms with E-state index in [0.29, 0.717) is 13.1 Å². The average Bonchev–Trinajstić information content (AvgIpc) is 2.99. The number of sulfonamides is 1. The molecule has 8 nitrogen and oxygen atoms in total. The molecule has 2 rings (SSSR count). The number of hydrogen-bond acceptors (Lipinski definition) is 6. The fourth-order valence-corrected chi connectivity index (χ4v) is 3.21. The van der Waals surface area contributed by atoms with Crippen LogP contribution in [0, 0.1) is 0 Å². The minimum absolute atomic E-state index is 0.0849. The molecule has 0 aromatic carbocycles. The van der Waals surface area contributed by atoms with Gasteiger partial charge >= 0.3 is 0 Å². The first-order valence-electron chi connectivity index (χ1n) is 8.11. The van der Waals surface area contributed by atoms with Crippen LogP contribution < -0.4 is 9.62 Å². The second-order valence-electron chi connectivity index (χ2n) is 5.61. The van der Waals surface area contributed by atoms with Crippen LogP contribution in [-0.2, 0) is 16.6 Å². The van der Waals surface area contributed by atoms with E-state index < -0.39 is 10.0 Å². The molecule has 1 aliphatic heterocycles. The highest BCUT2D eigenvalue weighted by Gasteiger charge is 2.16. The second-order valence-corrected chi connectivity index (χ2v) is 7.70. The quantitative estimate of drug-likeness (QED) is 0.828. The van der Waals surface area contributed by atoms with Gasteiger partial charge in [0, 0.05) is 19.6 Å². The second kappa shape index (κ2) is 8.42. The van der Waals surface area contributed by atoms with E-state index in [4.69, 9.17) is 0 Å². The summed E-state index contributed by atoms with van der Waals surface area (Å²) in [6.45, 7) is 4.29. The predicted octanol–water partition coefficient (Wildman–Crippen LogP) is 0.773. The van der Waals surface area contributed by atoms with Crippen LogP contribution in [0.1, 0.15) is 45.4 Å². The molecule has 9 heteroatoms. The molecule has 0 unspecified atom stereocenters. The third-order valence-corrected chi connectivity index (χ3v) is 5.33. The number of rotatable bonds is 6. The lowest BCUT2D eigenvalue weighted by Crippen LogP contribution is -2.32. The van der Waals surface area contributed by atoms with Gasteiger partial charge in [0.05, 0.1) is 12.3 Å². The van der Waals surface area contributed by atoms with Crippen molar-refractivity contribution < 1.29 is 8.42 Å². The predicted molar refractivity (Wildman–Crippen MR) is 85.2 cm³/mol. The van der Waals surface area contributed by atoms with E-state index in [1.54, 1.807) is 11.6 Å². The van der Waals surface area contributed by atoms with Gasteiger partial charge in [-0.15, -0.1) is 0 Å². The molecule has 0 bridgehead atoms. The van der Waals surface area contributed by atoms with E-state index in [9.17, 15) is 8.42 Å². The zero-order valence-corrected chi connectivity index (χ0v) is 14.1. The normalized spacial score (nSPS) is 17.8. The number of nitrogens with one attached hydrogen (secondary N) is 1. The first-order valence-corrected chi connectivity index (χ1v) is 9.76. The van der Waals surface area contributed by atoms with E-state index in [1.165, 1.54) is 25.7 Å². The molecule has 1 N–H and O–H groups in total. The number of tetrazole rings is 1. The van der Waals surface area contributed by atoms with Crippen LogP contribution in [0.3, 0.4) is 0 Å². The third kappa shape index (κ3) is 5.20. The van der Waals surface area contributed by atoms with Crippen molar-refractivity contribution in [3.05, 3.63) is 0 Å². The summed E-state index contributed by atoms with van der Waals surface area (Å²) in [6.07, 6.45) is 7.39. The maximum atomic E-state index is 11.5. The smallest absolute Gasteiger partial charge is 0.245 e. The molecule has 1 aliphatic rings. The molecule has 0 atom stereocenters. The van der Waals surface area contributed by atoms with Crippen molar-refractivity contribution in [1.82, 2.24) is 24.9 Å². The van der Waals surface area contributed by atoms with Crippen LogP contribution in [0.15, 0.2) is 0 Å². The van der Waals surface area contributed by atoms with Gasteiger partial charge in [-0.1, -0.05) is 30.8 Å². The maximum Gasteiger partial charge on any atom is 0.245 e.